The van der Waals surface area contributed by atoms with Crippen molar-refractivity contribution in [2.24, 2.45) is 0 Å². The molecule has 0 unspecified atom stereocenters. The molecule has 0 fully saturated rings. The third-order valence-electron chi connectivity index (χ3n) is 4.50. The van der Waals surface area contributed by atoms with Crippen LogP contribution in [0.2, 0.25) is 0 Å². The van der Waals surface area contributed by atoms with Gasteiger partial charge in [0.2, 0.25) is 11.8 Å². The third-order valence-corrected chi connectivity index (χ3v) is 5.43. The monoisotopic (exact) mass is 426 g/mol. The molecule has 0 aliphatic carbocycles. The lowest BCUT2D eigenvalue weighted by molar-refractivity contribution is -0.118. The number of aryl methyl sites for hydroxylation is 1. The molecule has 156 valence electrons. The summed E-state index contributed by atoms with van der Waals surface area (Å²) in [5.41, 5.74) is 4.31. The highest BCUT2D eigenvalue weighted by Crippen LogP contribution is 2.17. The van der Waals surface area contributed by atoms with Gasteiger partial charge in [-0.25, -0.2) is 9.07 Å². The van der Waals surface area contributed by atoms with Crippen LogP contribution in [0.5, 0.6) is 0 Å². The first-order chi connectivity index (χ1) is 14.4. The van der Waals surface area contributed by atoms with Crippen LogP contribution >= 0.6 is 11.8 Å². The zero-order valence-electron chi connectivity index (χ0n) is 16.8. The number of aromatic nitrogens is 2. The molecule has 0 radical (unpaired) electrons. The highest BCUT2D eigenvalue weighted by Gasteiger charge is 2.14. The van der Waals surface area contributed by atoms with Gasteiger partial charge in [-0.05, 0) is 50.2 Å². The Balaban J connectivity index is 1.45. The van der Waals surface area contributed by atoms with Crippen LogP contribution in [0.1, 0.15) is 17.0 Å². The summed E-state index contributed by atoms with van der Waals surface area (Å²) in [4.78, 5) is 24.1. The summed E-state index contributed by atoms with van der Waals surface area (Å²) < 4.78 is 14.7. The molecule has 1 heterocycles. The molecule has 2 amide bonds. The van der Waals surface area contributed by atoms with Gasteiger partial charge in [0.05, 0.1) is 22.9 Å². The lowest BCUT2D eigenvalue weighted by Crippen LogP contribution is -2.26. The Morgan fingerprint density at radius 1 is 1.00 bits per heavy atom. The highest BCUT2D eigenvalue weighted by molar-refractivity contribution is 8.00. The largest absolute Gasteiger partial charge is 0.351 e. The number of hydrogen-bond donors (Lipinski definition) is 2. The second-order valence-corrected chi connectivity index (χ2v) is 7.71. The summed E-state index contributed by atoms with van der Waals surface area (Å²) in [6, 6.07) is 15.4. The molecule has 1 aromatic heterocycles. The minimum absolute atomic E-state index is 0.134. The second kappa shape index (κ2) is 10.1. The van der Waals surface area contributed by atoms with Crippen molar-refractivity contribution in [2.45, 2.75) is 20.4 Å². The van der Waals surface area contributed by atoms with E-state index in [-0.39, 0.29) is 29.1 Å². The lowest BCUT2D eigenvalue weighted by atomic mass is 10.2. The fourth-order valence-electron chi connectivity index (χ4n) is 2.96. The van der Waals surface area contributed by atoms with Gasteiger partial charge in [-0.3, -0.25) is 9.59 Å². The number of halogens is 1. The number of para-hydroxylation sites is 1. The fraction of sp³-hybridized carbons (Fsp3) is 0.227. The smallest absolute Gasteiger partial charge is 0.234 e. The van der Waals surface area contributed by atoms with E-state index in [1.54, 1.807) is 0 Å². The molecule has 30 heavy (non-hydrogen) atoms. The number of carbonyl (C=O) groups is 2. The molecule has 0 atom stereocenters. The molecule has 0 saturated carbocycles. The van der Waals surface area contributed by atoms with Crippen molar-refractivity contribution in [3.05, 3.63) is 77.4 Å². The Bertz CT molecular complexity index is 1020. The predicted molar refractivity (Wildman–Crippen MR) is 117 cm³/mol. The Hall–Kier alpha value is -3.13. The standard InChI is InChI=1S/C22H23FN4O2S/c1-15-20(16(2)27(26-15)19-6-4-3-5-7-19)12-24-21(28)13-30-14-22(29)25-18-10-8-17(23)9-11-18/h3-11H,12-14H2,1-2H3,(H,24,28)(H,25,29). The van der Waals surface area contributed by atoms with E-state index in [0.717, 1.165) is 22.6 Å². The normalized spacial score (nSPS) is 10.6. The molecule has 2 aromatic carbocycles. The average Bonchev–Trinajstić information content (AvgIpc) is 3.02. The summed E-state index contributed by atoms with van der Waals surface area (Å²) in [6.07, 6.45) is 0. The van der Waals surface area contributed by atoms with Gasteiger partial charge in [0.15, 0.2) is 0 Å². The van der Waals surface area contributed by atoms with Crippen LogP contribution in [0.4, 0.5) is 10.1 Å². The summed E-state index contributed by atoms with van der Waals surface area (Å²) in [5.74, 6) is -0.453. The van der Waals surface area contributed by atoms with E-state index in [1.165, 1.54) is 36.0 Å². The predicted octanol–water partition coefficient (Wildman–Crippen LogP) is 3.62. The van der Waals surface area contributed by atoms with Crippen molar-refractivity contribution >= 4 is 29.3 Å². The van der Waals surface area contributed by atoms with Gasteiger partial charge >= 0.3 is 0 Å². The molecule has 2 N–H and O–H groups in total. The molecule has 3 aromatic rings. The van der Waals surface area contributed by atoms with E-state index >= 15 is 0 Å². The molecule has 0 bridgehead atoms. The maximum Gasteiger partial charge on any atom is 0.234 e. The number of amides is 2. The van der Waals surface area contributed by atoms with Gasteiger partial charge in [-0.2, -0.15) is 5.10 Å². The number of thioether (sulfide) groups is 1. The number of nitrogens with zero attached hydrogens (tertiary/aromatic N) is 2. The maximum absolute atomic E-state index is 12.9. The quantitative estimate of drug-likeness (QED) is 0.577. The van der Waals surface area contributed by atoms with Crippen LogP contribution in [0.3, 0.4) is 0 Å². The molecular weight excluding hydrogens is 403 g/mol. The summed E-state index contributed by atoms with van der Waals surface area (Å²) >= 11 is 1.22. The molecule has 3 rings (SSSR count). The van der Waals surface area contributed by atoms with Gasteiger partial charge in [0.1, 0.15) is 5.82 Å². The first kappa shape index (κ1) is 21.6. The molecule has 0 aliphatic rings. The van der Waals surface area contributed by atoms with Gasteiger partial charge in [-0.15, -0.1) is 11.8 Å². The number of benzene rings is 2. The summed E-state index contributed by atoms with van der Waals surface area (Å²) in [6.45, 7) is 4.27. The van der Waals surface area contributed by atoms with E-state index < -0.39 is 0 Å². The summed E-state index contributed by atoms with van der Waals surface area (Å²) in [5, 5.41) is 10.1. The molecule has 0 spiro atoms. The third kappa shape index (κ3) is 5.70. The van der Waals surface area contributed by atoms with E-state index in [1.807, 2.05) is 48.9 Å². The highest BCUT2D eigenvalue weighted by atomic mass is 32.2. The number of nitrogens with one attached hydrogen (secondary N) is 2. The van der Waals surface area contributed by atoms with Gasteiger partial charge in [0.25, 0.3) is 0 Å². The Morgan fingerprint density at radius 2 is 1.67 bits per heavy atom. The second-order valence-electron chi connectivity index (χ2n) is 6.72. The van der Waals surface area contributed by atoms with Gasteiger partial charge in [-0.1, -0.05) is 18.2 Å². The fourth-order valence-corrected chi connectivity index (χ4v) is 3.60. The lowest BCUT2D eigenvalue weighted by Gasteiger charge is -2.08. The van der Waals surface area contributed by atoms with Crippen LogP contribution < -0.4 is 10.6 Å². The minimum Gasteiger partial charge on any atom is -0.351 e. The Morgan fingerprint density at radius 3 is 2.37 bits per heavy atom. The number of rotatable bonds is 8. The maximum atomic E-state index is 12.9. The number of hydrogen-bond acceptors (Lipinski definition) is 4. The van der Waals surface area contributed by atoms with Crippen LogP contribution in [0.25, 0.3) is 5.69 Å². The van der Waals surface area contributed by atoms with Crippen molar-refractivity contribution in [1.82, 2.24) is 15.1 Å². The van der Waals surface area contributed by atoms with Crippen molar-refractivity contribution in [3.63, 3.8) is 0 Å². The van der Waals surface area contributed by atoms with Crippen molar-refractivity contribution < 1.29 is 14.0 Å². The van der Waals surface area contributed by atoms with Crippen LogP contribution in [-0.4, -0.2) is 33.1 Å². The average molecular weight is 427 g/mol. The van der Waals surface area contributed by atoms with Crippen molar-refractivity contribution in [2.75, 3.05) is 16.8 Å². The Kier molecular flexibility index (Phi) is 7.24. The first-order valence-corrected chi connectivity index (χ1v) is 10.6. The summed E-state index contributed by atoms with van der Waals surface area (Å²) in [7, 11) is 0. The van der Waals surface area contributed by atoms with Crippen LogP contribution in [-0.2, 0) is 16.1 Å². The minimum atomic E-state index is -0.362. The van der Waals surface area contributed by atoms with Gasteiger partial charge in [0, 0.05) is 23.5 Å². The van der Waals surface area contributed by atoms with Crippen LogP contribution in [0.15, 0.2) is 54.6 Å². The number of anilines is 1. The van der Waals surface area contributed by atoms with E-state index in [0.29, 0.717) is 12.2 Å². The number of carbonyl (C=O) groups excluding carboxylic acids is 2. The molecule has 8 heteroatoms. The van der Waals surface area contributed by atoms with Crippen LogP contribution in [0, 0.1) is 19.7 Å². The molecule has 0 aliphatic heterocycles. The van der Waals surface area contributed by atoms with E-state index in [4.69, 9.17) is 0 Å². The topological polar surface area (TPSA) is 76.0 Å². The van der Waals surface area contributed by atoms with E-state index in [9.17, 15) is 14.0 Å². The molecule has 6 nitrogen and oxygen atoms in total. The first-order valence-electron chi connectivity index (χ1n) is 9.44. The van der Waals surface area contributed by atoms with Crippen molar-refractivity contribution in [1.29, 1.82) is 0 Å². The Labute approximate surface area is 178 Å². The zero-order chi connectivity index (χ0) is 21.5. The SMILES string of the molecule is Cc1nn(-c2ccccc2)c(C)c1CNC(=O)CSCC(=O)Nc1ccc(F)cc1. The van der Waals surface area contributed by atoms with Crippen molar-refractivity contribution in [3.8, 4) is 5.69 Å². The van der Waals surface area contributed by atoms with Gasteiger partial charge < -0.3 is 10.6 Å². The molecular formula is C22H23FN4O2S. The van der Waals surface area contributed by atoms with E-state index in [2.05, 4.69) is 15.7 Å². The molecule has 0 saturated heterocycles. The zero-order valence-corrected chi connectivity index (χ0v) is 17.6.